The number of hydrazone groups is 2. The Bertz CT molecular complexity index is 320. The molecule has 126 valence electrons. The molecular formula is C16H30N4O2. The zero-order valence-corrected chi connectivity index (χ0v) is 13.9. The molecule has 2 N–H and O–H groups in total. The molecular weight excluding hydrogens is 280 g/mol. The molecule has 0 aromatic carbocycles. The number of unbranched alkanes of at least 4 members (excludes halogenated alkanes) is 8. The monoisotopic (exact) mass is 310 g/mol. The maximum Gasteiger partial charge on any atom is 0.331 e. The van der Waals surface area contributed by atoms with Crippen LogP contribution in [0.5, 0.6) is 0 Å². The van der Waals surface area contributed by atoms with E-state index in [1.807, 2.05) is 0 Å². The predicted molar refractivity (Wildman–Crippen MR) is 90.8 cm³/mol. The first-order valence-corrected chi connectivity index (χ1v) is 8.35. The van der Waals surface area contributed by atoms with Gasteiger partial charge in [0.25, 0.3) is 0 Å². The van der Waals surface area contributed by atoms with E-state index in [1.54, 1.807) is 12.4 Å². The number of nitrogens with zero attached hydrogens (tertiary/aromatic N) is 2. The van der Waals surface area contributed by atoms with E-state index in [4.69, 9.17) is 0 Å². The van der Waals surface area contributed by atoms with Gasteiger partial charge in [0.2, 0.25) is 0 Å². The van der Waals surface area contributed by atoms with E-state index in [0.29, 0.717) is 0 Å². The van der Waals surface area contributed by atoms with E-state index in [-0.39, 0.29) is 0 Å². The molecule has 0 unspecified atom stereocenters. The highest BCUT2D eigenvalue weighted by molar-refractivity contribution is 6.35. The minimum atomic E-state index is -0.798. The van der Waals surface area contributed by atoms with Crippen molar-refractivity contribution in [3.8, 4) is 0 Å². The van der Waals surface area contributed by atoms with Gasteiger partial charge in [-0.2, -0.15) is 10.2 Å². The highest BCUT2D eigenvalue weighted by Crippen LogP contribution is 2.00. The van der Waals surface area contributed by atoms with Crippen LogP contribution in [0.15, 0.2) is 10.2 Å². The average Bonchev–Trinajstić information content (AvgIpc) is 2.52. The molecule has 0 bridgehead atoms. The van der Waals surface area contributed by atoms with Gasteiger partial charge in [-0.15, -0.1) is 0 Å². The minimum Gasteiger partial charge on any atom is -0.262 e. The van der Waals surface area contributed by atoms with Gasteiger partial charge >= 0.3 is 11.8 Å². The molecule has 0 saturated heterocycles. The van der Waals surface area contributed by atoms with Gasteiger partial charge in [-0.05, 0) is 25.7 Å². The molecule has 0 fully saturated rings. The Morgan fingerprint density at radius 1 is 0.727 bits per heavy atom. The summed E-state index contributed by atoms with van der Waals surface area (Å²) in [4.78, 5) is 22.7. The molecule has 0 aromatic rings. The van der Waals surface area contributed by atoms with E-state index < -0.39 is 11.8 Å². The molecule has 0 aliphatic heterocycles. The topological polar surface area (TPSA) is 82.9 Å². The lowest BCUT2D eigenvalue weighted by Crippen LogP contribution is -2.35. The quantitative estimate of drug-likeness (QED) is 0.251. The lowest BCUT2D eigenvalue weighted by Gasteiger charge is -1.98. The molecule has 6 nitrogen and oxygen atoms in total. The summed E-state index contributed by atoms with van der Waals surface area (Å²) in [7, 11) is 0. The molecule has 0 radical (unpaired) electrons. The molecule has 0 aliphatic rings. The number of carbonyl (C=O) groups is 2. The van der Waals surface area contributed by atoms with Gasteiger partial charge in [-0.3, -0.25) is 9.59 Å². The molecule has 0 aliphatic carbocycles. The summed E-state index contributed by atoms with van der Waals surface area (Å²) in [5.41, 5.74) is 4.37. The largest absolute Gasteiger partial charge is 0.331 e. The number of carbonyl (C=O) groups excluding carboxylic acids is 2. The van der Waals surface area contributed by atoms with E-state index in [1.165, 1.54) is 25.7 Å². The zero-order chi connectivity index (χ0) is 16.5. The Morgan fingerprint density at radius 2 is 1.14 bits per heavy atom. The first-order chi connectivity index (χ1) is 10.7. The highest BCUT2D eigenvalue weighted by Gasteiger charge is 2.10. The fourth-order valence-corrected chi connectivity index (χ4v) is 1.76. The number of hydrogen-bond acceptors (Lipinski definition) is 4. The number of hydrogen-bond donors (Lipinski definition) is 2. The van der Waals surface area contributed by atoms with Crippen molar-refractivity contribution in [2.24, 2.45) is 10.2 Å². The maximum absolute atomic E-state index is 11.4. The van der Waals surface area contributed by atoms with Crippen molar-refractivity contribution >= 4 is 24.2 Å². The lowest BCUT2D eigenvalue weighted by atomic mass is 10.2. The van der Waals surface area contributed by atoms with Crippen LogP contribution in [0.2, 0.25) is 0 Å². The van der Waals surface area contributed by atoms with Gasteiger partial charge in [0.05, 0.1) is 0 Å². The molecule has 0 atom stereocenters. The van der Waals surface area contributed by atoms with Gasteiger partial charge in [-0.25, -0.2) is 10.9 Å². The Morgan fingerprint density at radius 3 is 1.50 bits per heavy atom. The van der Waals surface area contributed by atoms with Gasteiger partial charge in [0, 0.05) is 12.4 Å². The SMILES string of the molecule is CCCCCC/C=N/NC(=O)C(=O)N/N=C/CCCCCC. The first-order valence-electron chi connectivity index (χ1n) is 8.35. The van der Waals surface area contributed by atoms with E-state index in [2.05, 4.69) is 34.9 Å². The van der Waals surface area contributed by atoms with E-state index >= 15 is 0 Å². The minimum absolute atomic E-state index is 0.798. The zero-order valence-electron chi connectivity index (χ0n) is 13.9. The van der Waals surface area contributed by atoms with Crippen LogP contribution in [0.3, 0.4) is 0 Å². The van der Waals surface area contributed by atoms with Crippen molar-refractivity contribution in [1.82, 2.24) is 10.9 Å². The van der Waals surface area contributed by atoms with Crippen molar-refractivity contribution < 1.29 is 9.59 Å². The van der Waals surface area contributed by atoms with Crippen molar-refractivity contribution in [1.29, 1.82) is 0 Å². The summed E-state index contributed by atoms with van der Waals surface area (Å²) in [5.74, 6) is -1.60. The summed E-state index contributed by atoms with van der Waals surface area (Å²) < 4.78 is 0. The van der Waals surface area contributed by atoms with Crippen LogP contribution in [-0.4, -0.2) is 24.2 Å². The Hall–Kier alpha value is -1.72. The van der Waals surface area contributed by atoms with E-state index in [0.717, 1.165) is 38.5 Å². The Balaban J connectivity index is 3.63. The number of amides is 2. The molecule has 0 heterocycles. The summed E-state index contributed by atoms with van der Waals surface area (Å²) >= 11 is 0. The molecule has 2 amide bonds. The standard InChI is InChI=1S/C16H30N4O2/c1-3-5-7-9-11-13-17-19-15(21)16(22)20-18-14-12-10-8-6-4-2/h13-14H,3-12H2,1-2H3,(H,19,21)(H,20,22)/b17-13+,18-14+. The maximum atomic E-state index is 11.4. The average molecular weight is 310 g/mol. The third kappa shape index (κ3) is 13.3. The van der Waals surface area contributed by atoms with Gasteiger partial charge in [0.15, 0.2) is 0 Å². The first kappa shape index (κ1) is 20.3. The van der Waals surface area contributed by atoms with Crippen LogP contribution >= 0.6 is 0 Å². The third-order valence-electron chi connectivity index (χ3n) is 3.09. The van der Waals surface area contributed by atoms with Crippen LogP contribution in [0.4, 0.5) is 0 Å². The second-order valence-electron chi connectivity index (χ2n) is 5.20. The number of nitrogens with one attached hydrogen (secondary N) is 2. The van der Waals surface area contributed by atoms with Gasteiger partial charge in [0.1, 0.15) is 0 Å². The van der Waals surface area contributed by atoms with Crippen LogP contribution in [0.25, 0.3) is 0 Å². The molecule has 0 aromatic heterocycles. The van der Waals surface area contributed by atoms with Gasteiger partial charge in [-0.1, -0.05) is 52.4 Å². The normalized spacial score (nSPS) is 11.2. The second kappa shape index (κ2) is 15.7. The molecule has 0 rings (SSSR count). The fraction of sp³-hybridized carbons (Fsp3) is 0.750. The Labute approximate surface area is 133 Å². The van der Waals surface area contributed by atoms with Crippen LogP contribution in [0, 0.1) is 0 Å². The fourth-order valence-electron chi connectivity index (χ4n) is 1.76. The third-order valence-corrected chi connectivity index (χ3v) is 3.09. The van der Waals surface area contributed by atoms with Crippen LogP contribution < -0.4 is 10.9 Å². The van der Waals surface area contributed by atoms with Crippen LogP contribution in [-0.2, 0) is 9.59 Å². The summed E-state index contributed by atoms with van der Waals surface area (Å²) in [6.45, 7) is 4.31. The van der Waals surface area contributed by atoms with Crippen molar-refractivity contribution in [2.75, 3.05) is 0 Å². The van der Waals surface area contributed by atoms with Gasteiger partial charge < -0.3 is 0 Å². The molecule has 22 heavy (non-hydrogen) atoms. The summed E-state index contributed by atoms with van der Waals surface area (Å²) in [6, 6.07) is 0. The van der Waals surface area contributed by atoms with Crippen molar-refractivity contribution in [3.05, 3.63) is 0 Å². The van der Waals surface area contributed by atoms with Crippen molar-refractivity contribution in [2.45, 2.75) is 78.1 Å². The van der Waals surface area contributed by atoms with Crippen LogP contribution in [0.1, 0.15) is 78.1 Å². The molecule has 0 saturated carbocycles. The molecule has 6 heteroatoms. The molecule has 0 spiro atoms. The van der Waals surface area contributed by atoms with Crippen molar-refractivity contribution in [3.63, 3.8) is 0 Å². The second-order valence-corrected chi connectivity index (χ2v) is 5.20. The van der Waals surface area contributed by atoms with E-state index in [9.17, 15) is 9.59 Å². The summed E-state index contributed by atoms with van der Waals surface area (Å²) in [6.07, 6.45) is 14.0. The highest BCUT2D eigenvalue weighted by atomic mass is 16.2. The predicted octanol–water partition coefficient (Wildman–Crippen LogP) is 3.13. The smallest absolute Gasteiger partial charge is 0.262 e. The Kier molecular flexibility index (Phi) is 14.4. The summed E-state index contributed by atoms with van der Waals surface area (Å²) in [5, 5.41) is 7.46. The lowest BCUT2D eigenvalue weighted by molar-refractivity contribution is -0.139. The number of rotatable bonds is 12.